The maximum Gasteiger partial charge on any atom is 0.218 e. The van der Waals surface area contributed by atoms with E-state index < -0.39 is 12.1 Å². The number of aliphatic hydroxyl groups excluding tert-OH is 1. The minimum absolute atomic E-state index is 0. The molecule has 1 aromatic carbocycles. The van der Waals surface area contributed by atoms with Crippen LogP contribution in [0.25, 0.3) is 0 Å². The summed E-state index contributed by atoms with van der Waals surface area (Å²) in [5.74, 6) is -0.649. The van der Waals surface area contributed by atoms with Crippen LogP contribution in [0.2, 0.25) is 0 Å². The molecule has 3 nitrogen and oxygen atoms in total. The monoisotopic (exact) mass is 273 g/mol. The first-order chi connectivity index (χ1) is 8.65. The topological polar surface area (TPSA) is 57.5 Å². The zero-order chi connectivity index (χ0) is 13.4. The Morgan fingerprint density at radius 1 is 1.05 bits per heavy atom. The molecule has 0 atom stereocenters. The van der Waals surface area contributed by atoms with Gasteiger partial charge in [0.05, 0.1) is 0 Å². The van der Waals surface area contributed by atoms with Crippen LogP contribution in [0.4, 0.5) is 0 Å². The number of hydrogen-bond donors (Lipinski definition) is 2. The first kappa shape index (κ1) is 18.8. The van der Waals surface area contributed by atoms with Gasteiger partial charge in [-0.3, -0.25) is 4.79 Å². The molecule has 0 saturated heterocycles. The molecule has 0 amide bonds. The number of carbonyl (C=O) groups excluding carboxylic acids is 1. The largest absolute Gasteiger partial charge is 0.362 e. The SMILES string of the molecule is CCCCCCCc1ccc(C(=O)C(O)O)cc1.[Na]. The van der Waals surface area contributed by atoms with E-state index in [0.717, 1.165) is 12.8 Å². The second-order valence-corrected chi connectivity index (χ2v) is 4.60. The standard InChI is InChI=1S/C15H22O3.Na/c1-2-3-4-5-6-7-12-8-10-13(11-9-12)14(16)15(17)18;/h8-11,15,17-18H,2-7H2,1H3;. The van der Waals surface area contributed by atoms with Crippen LogP contribution in [0.5, 0.6) is 0 Å². The van der Waals surface area contributed by atoms with Crippen molar-refractivity contribution in [3.05, 3.63) is 35.4 Å². The maximum absolute atomic E-state index is 11.3. The fourth-order valence-corrected chi connectivity index (χ4v) is 1.92. The summed E-state index contributed by atoms with van der Waals surface area (Å²) in [6.45, 7) is 2.20. The smallest absolute Gasteiger partial charge is 0.218 e. The first-order valence-electron chi connectivity index (χ1n) is 6.64. The molecule has 0 aliphatic rings. The molecule has 101 valence electrons. The summed E-state index contributed by atoms with van der Waals surface area (Å²) in [6, 6.07) is 7.08. The van der Waals surface area contributed by atoms with Gasteiger partial charge in [0.15, 0.2) is 0 Å². The molecule has 0 spiro atoms. The molecule has 1 radical (unpaired) electrons. The van der Waals surface area contributed by atoms with Gasteiger partial charge in [-0.15, -0.1) is 0 Å². The summed E-state index contributed by atoms with van der Waals surface area (Å²) in [7, 11) is 0. The molecule has 0 aliphatic heterocycles. The number of benzene rings is 1. The Morgan fingerprint density at radius 3 is 2.16 bits per heavy atom. The van der Waals surface area contributed by atoms with E-state index in [4.69, 9.17) is 10.2 Å². The van der Waals surface area contributed by atoms with Gasteiger partial charge in [0.2, 0.25) is 12.1 Å². The van der Waals surface area contributed by atoms with Crippen LogP contribution in [0.1, 0.15) is 54.9 Å². The van der Waals surface area contributed by atoms with Gasteiger partial charge >= 0.3 is 0 Å². The van der Waals surface area contributed by atoms with Crippen LogP contribution in [0.15, 0.2) is 24.3 Å². The Balaban J connectivity index is 0.00000324. The fourth-order valence-electron chi connectivity index (χ4n) is 1.92. The van der Waals surface area contributed by atoms with Crippen LogP contribution in [0.3, 0.4) is 0 Å². The number of ketones is 1. The molecule has 0 heterocycles. The third-order valence-electron chi connectivity index (χ3n) is 3.04. The summed E-state index contributed by atoms with van der Waals surface area (Å²) in [5.41, 5.74) is 1.54. The molecule has 0 saturated carbocycles. The molecule has 1 aromatic rings. The van der Waals surface area contributed by atoms with Crippen molar-refractivity contribution in [1.29, 1.82) is 0 Å². The van der Waals surface area contributed by atoms with Gasteiger partial charge in [-0.05, 0) is 18.4 Å². The molecule has 0 aliphatic carbocycles. The molecule has 0 fully saturated rings. The minimum atomic E-state index is -1.91. The third-order valence-corrected chi connectivity index (χ3v) is 3.04. The predicted octanol–water partition coefficient (Wildman–Crippen LogP) is 2.31. The molecule has 1 rings (SSSR count). The van der Waals surface area contributed by atoms with E-state index in [1.165, 1.54) is 31.2 Å². The van der Waals surface area contributed by atoms with Crippen molar-refractivity contribution in [2.24, 2.45) is 0 Å². The number of Topliss-reactive ketones (excluding diaryl/α,β-unsaturated/α-hetero) is 1. The van der Waals surface area contributed by atoms with E-state index in [-0.39, 0.29) is 29.6 Å². The predicted molar refractivity (Wildman–Crippen MR) is 77.2 cm³/mol. The maximum atomic E-state index is 11.3. The van der Waals surface area contributed by atoms with Crippen LogP contribution >= 0.6 is 0 Å². The molecule has 19 heavy (non-hydrogen) atoms. The number of rotatable bonds is 8. The van der Waals surface area contributed by atoms with E-state index >= 15 is 0 Å². The van der Waals surface area contributed by atoms with E-state index in [9.17, 15) is 4.79 Å². The van der Waals surface area contributed by atoms with Crippen molar-refractivity contribution in [3.63, 3.8) is 0 Å². The quantitative estimate of drug-likeness (QED) is 0.331. The van der Waals surface area contributed by atoms with Gasteiger partial charge in [-0.2, -0.15) is 0 Å². The number of unbranched alkanes of at least 4 members (excludes halogenated alkanes) is 4. The van der Waals surface area contributed by atoms with E-state index in [0.29, 0.717) is 5.56 Å². The van der Waals surface area contributed by atoms with Crippen molar-refractivity contribution in [2.75, 3.05) is 0 Å². The van der Waals surface area contributed by atoms with E-state index in [2.05, 4.69) is 6.92 Å². The third kappa shape index (κ3) is 7.23. The molecule has 0 aromatic heterocycles. The summed E-state index contributed by atoms with van der Waals surface area (Å²) in [6.07, 6.45) is 5.33. The van der Waals surface area contributed by atoms with Gasteiger partial charge in [-0.25, -0.2) is 0 Å². The molecule has 2 N–H and O–H groups in total. The second-order valence-electron chi connectivity index (χ2n) is 4.60. The van der Waals surface area contributed by atoms with Gasteiger partial charge in [0.25, 0.3) is 0 Å². The molecule has 0 bridgehead atoms. The Kier molecular flexibility index (Phi) is 10.5. The van der Waals surface area contributed by atoms with Crippen LogP contribution in [-0.2, 0) is 6.42 Å². The summed E-state index contributed by atoms with van der Waals surface area (Å²) >= 11 is 0. The molecular formula is C15H22NaO3. The first-order valence-corrected chi connectivity index (χ1v) is 6.64. The Bertz CT molecular complexity index is 360. The van der Waals surface area contributed by atoms with Gasteiger partial charge in [0.1, 0.15) is 0 Å². The summed E-state index contributed by atoms with van der Waals surface area (Å²) < 4.78 is 0. The second kappa shape index (κ2) is 10.6. The Morgan fingerprint density at radius 2 is 1.63 bits per heavy atom. The number of hydrogen-bond acceptors (Lipinski definition) is 3. The van der Waals surface area contributed by atoms with Crippen LogP contribution < -0.4 is 0 Å². The number of aryl methyl sites for hydroxylation is 1. The Labute approximate surface area is 137 Å². The fraction of sp³-hybridized carbons (Fsp3) is 0.533. The van der Waals surface area contributed by atoms with Crippen LogP contribution in [0, 0.1) is 0 Å². The number of aliphatic hydroxyl groups is 2. The van der Waals surface area contributed by atoms with Crippen LogP contribution in [-0.4, -0.2) is 51.8 Å². The Hall–Kier alpha value is -0.190. The number of carbonyl (C=O) groups is 1. The minimum Gasteiger partial charge on any atom is -0.362 e. The van der Waals surface area contributed by atoms with E-state index in [1.807, 2.05) is 12.1 Å². The normalized spacial score (nSPS) is 10.3. The van der Waals surface area contributed by atoms with Gasteiger partial charge in [-0.1, -0.05) is 56.9 Å². The molecule has 0 unspecified atom stereocenters. The van der Waals surface area contributed by atoms with Crippen molar-refractivity contribution in [2.45, 2.75) is 51.7 Å². The summed E-state index contributed by atoms with van der Waals surface area (Å²) in [5, 5.41) is 17.5. The average molecular weight is 273 g/mol. The van der Waals surface area contributed by atoms with Gasteiger partial charge < -0.3 is 10.2 Å². The zero-order valence-electron chi connectivity index (χ0n) is 11.9. The van der Waals surface area contributed by atoms with E-state index in [1.54, 1.807) is 12.1 Å². The van der Waals surface area contributed by atoms with Crippen molar-refractivity contribution >= 4 is 35.3 Å². The van der Waals surface area contributed by atoms with Gasteiger partial charge in [0, 0.05) is 35.1 Å². The molecule has 4 heteroatoms. The van der Waals surface area contributed by atoms with Crippen molar-refractivity contribution in [3.8, 4) is 0 Å². The molecular weight excluding hydrogens is 251 g/mol. The van der Waals surface area contributed by atoms with Crippen molar-refractivity contribution in [1.82, 2.24) is 0 Å². The summed E-state index contributed by atoms with van der Waals surface area (Å²) in [4.78, 5) is 11.3. The zero-order valence-corrected chi connectivity index (χ0v) is 13.9. The van der Waals surface area contributed by atoms with Crippen molar-refractivity contribution < 1.29 is 15.0 Å². The average Bonchev–Trinajstić information content (AvgIpc) is 2.38.